The van der Waals surface area contributed by atoms with Crippen LogP contribution in [0.15, 0.2) is 18.2 Å². The third kappa shape index (κ3) is 3.86. The Balaban J connectivity index is 2.13. The molecule has 112 valence electrons. The molecule has 1 aromatic rings. The Hall–Kier alpha value is -1.79. The summed E-state index contributed by atoms with van der Waals surface area (Å²) >= 11 is 0. The number of rotatable bonds is 4. The van der Waals surface area contributed by atoms with Gasteiger partial charge in [0.05, 0.1) is 6.61 Å². The van der Waals surface area contributed by atoms with E-state index in [9.17, 15) is 4.79 Å². The lowest BCUT2D eigenvalue weighted by atomic mass is 10.0. The highest BCUT2D eigenvalue weighted by atomic mass is 16.2. The number of hydrogen-bond donors (Lipinski definition) is 1. The van der Waals surface area contributed by atoms with Crippen molar-refractivity contribution in [1.82, 2.24) is 4.90 Å². The summed E-state index contributed by atoms with van der Waals surface area (Å²) in [5.41, 5.74) is 2.51. The molecule has 0 heterocycles. The maximum Gasteiger partial charge on any atom is 0.253 e. The molecule has 0 aliphatic heterocycles. The van der Waals surface area contributed by atoms with Gasteiger partial charge in [-0.25, -0.2) is 0 Å². The first-order chi connectivity index (χ1) is 10.0. The first-order valence-electron chi connectivity index (χ1n) is 7.49. The molecule has 0 spiro atoms. The highest BCUT2D eigenvalue weighted by Gasteiger charge is 2.34. The zero-order chi connectivity index (χ0) is 15.4. The Labute approximate surface area is 127 Å². The van der Waals surface area contributed by atoms with Crippen LogP contribution in [0.2, 0.25) is 0 Å². The lowest BCUT2D eigenvalue weighted by Crippen LogP contribution is -2.29. The molecule has 1 amide bonds. The van der Waals surface area contributed by atoms with Crippen molar-refractivity contribution in [3.63, 3.8) is 0 Å². The number of aliphatic hydroxyl groups is 1. The second-order valence-corrected chi connectivity index (χ2v) is 5.91. The van der Waals surface area contributed by atoms with Crippen LogP contribution < -0.4 is 0 Å². The van der Waals surface area contributed by atoms with Crippen LogP contribution in [0.4, 0.5) is 0 Å². The van der Waals surface area contributed by atoms with Gasteiger partial charge in [-0.2, -0.15) is 0 Å². The topological polar surface area (TPSA) is 40.5 Å². The van der Waals surface area contributed by atoms with Crippen LogP contribution in [0.25, 0.3) is 0 Å². The van der Waals surface area contributed by atoms with Crippen LogP contribution in [0, 0.1) is 30.6 Å². The largest absolute Gasteiger partial charge is 0.395 e. The quantitative estimate of drug-likeness (QED) is 0.863. The second-order valence-electron chi connectivity index (χ2n) is 5.91. The minimum absolute atomic E-state index is 0.0625. The Morgan fingerprint density at radius 2 is 2.19 bits per heavy atom. The van der Waals surface area contributed by atoms with E-state index in [1.165, 1.54) is 6.42 Å². The zero-order valence-electron chi connectivity index (χ0n) is 13.0. The molecule has 0 bridgehead atoms. The minimum Gasteiger partial charge on any atom is -0.395 e. The summed E-state index contributed by atoms with van der Waals surface area (Å²) < 4.78 is 0. The molecule has 1 saturated carbocycles. The number of aliphatic hydroxyl groups excluding tert-OH is 1. The molecule has 1 fully saturated rings. The summed E-state index contributed by atoms with van der Waals surface area (Å²) in [7, 11) is 1.87. The summed E-state index contributed by atoms with van der Waals surface area (Å²) in [6.45, 7) is 5.06. The van der Waals surface area contributed by atoms with Crippen molar-refractivity contribution in [1.29, 1.82) is 0 Å². The fourth-order valence-electron chi connectivity index (χ4n) is 2.51. The summed E-state index contributed by atoms with van der Waals surface area (Å²) in [5.74, 6) is 7.41. The average Bonchev–Trinajstić information content (AvgIpc) is 3.15. The molecule has 0 radical (unpaired) electrons. The Kier molecular flexibility index (Phi) is 5.03. The van der Waals surface area contributed by atoms with E-state index in [-0.39, 0.29) is 12.5 Å². The van der Waals surface area contributed by atoms with Crippen molar-refractivity contribution < 1.29 is 9.90 Å². The molecule has 1 aliphatic rings. The standard InChI is InChI=1S/C18H23NO2/c1-13-11-16(13)12-19(3)18(21)17-9-6-8-15(14(17)2)7-4-5-10-20/h6,8-9,13,16,20H,5,10-12H2,1-3H3. The summed E-state index contributed by atoms with van der Waals surface area (Å²) in [6.07, 6.45) is 1.68. The molecule has 0 aromatic heterocycles. The molecular weight excluding hydrogens is 262 g/mol. The molecule has 2 rings (SSSR count). The van der Waals surface area contributed by atoms with E-state index in [1.807, 2.05) is 37.1 Å². The van der Waals surface area contributed by atoms with Crippen molar-refractivity contribution in [3.05, 3.63) is 34.9 Å². The van der Waals surface area contributed by atoms with Crippen LogP contribution in [-0.2, 0) is 0 Å². The predicted octanol–water partition coefficient (Wildman–Crippen LogP) is 2.46. The second kappa shape index (κ2) is 6.78. The van der Waals surface area contributed by atoms with Crippen LogP contribution in [-0.4, -0.2) is 36.1 Å². The normalized spacial score (nSPS) is 19.6. The van der Waals surface area contributed by atoms with Crippen LogP contribution in [0.1, 0.15) is 41.3 Å². The van der Waals surface area contributed by atoms with E-state index < -0.39 is 0 Å². The van der Waals surface area contributed by atoms with Gasteiger partial charge in [-0.15, -0.1) is 0 Å². The lowest BCUT2D eigenvalue weighted by molar-refractivity contribution is 0.0786. The maximum absolute atomic E-state index is 12.6. The summed E-state index contributed by atoms with van der Waals surface area (Å²) in [4.78, 5) is 14.4. The smallest absolute Gasteiger partial charge is 0.253 e. The van der Waals surface area contributed by atoms with E-state index in [0.717, 1.165) is 29.2 Å². The third-order valence-corrected chi connectivity index (χ3v) is 4.16. The van der Waals surface area contributed by atoms with E-state index in [0.29, 0.717) is 12.3 Å². The van der Waals surface area contributed by atoms with Crippen LogP contribution >= 0.6 is 0 Å². The van der Waals surface area contributed by atoms with Crippen LogP contribution in [0.3, 0.4) is 0 Å². The number of carbonyl (C=O) groups is 1. The van der Waals surface area contributed by atoms with Crippen molar-refractivity contribution in [2.75, 3.05) is 20.2 Å². The van der Waals surface area contributed by atoms with Crippen molar-refractivity contribution in [3.8, 4) is 11.8 Å². The van der Waals surface area contributed by atoms with E-state index in [4.69, 9.17) is 5.11 Å². The van der Waals surface area contributed by atoms with Gasteiger partial charge in [0.25, 0.3) is 5.91 Å². The van der Waals surface area contributed by atoms with Gasteiger partial charge < -0.3 is 10.0 Å². The first kappa shape index (κ1) is 15.6. The number of hydrogen-bond acceptors (Lipinski definition) is 2. The van der Waals surface area contributed by atoms with Gasteiger partial charge in [0.15, 0.2) is 0 Å². The molecule has 2 atom stereocenters. The summed E-state index contributed by atoms with van der Waals surface area (Å²) in [5, 5.41) is 8.78. The van der Waals surface area contributed by atoms with Gasteiger partial charge in [0.2, 0.25) is 0 Å². The number of amides is 1. The number of carbonyl (C=O) groups excluding carboxylic acids is 1. The summed E-state index contributed by atoms with van der Waals surface area (Å²) in [6, 6.07) is 5.65. The molecule has 21 heavy (non-hydrogen) atoms. The van der Waals surface area contributed by atoms with Gasteiger partial charge in [0.1, 0.15) is 0 Å². The highest BCUT2D eigenvalue weighted by Crippen LogP contribution is 2.38. The van der Waals surface area contributed by atoms with Gasteiger partial charge in [-0.1, -0.05) is 24.8 Å². The first-order valence-corrected chi connectivity index (χ1v) is 7.49. The Morgan fingerprint density at radius 3 is 2.81 bits per heavy atom. The van der Waals surface area contributed by atoms with Gasteiger partial charge >= 0.3 is 0 Å². The van der Waals surface area contributed by atoms with Crippen LogP contribution in [0.5, 0.6) is 0 Å². The number of benzene rings is 1. The van der Waals surface area contributed by atoms with E-state index >= 15 is 0 Å². The van der Waals surface area contributed by atoms with Crippen molar-refractivity contribution in [2.45, 2.75) is 26.7 Å². The van der Waals surface area contributed by atoms with E-state index in [1.54, 1.807) is 0 Å². The van der Waals surface area contributed by atoms with Gasteiger partial charge in [-0.05, 0) is 42.9 Å². The van der Waals surface area contributed by atoms with Crippen molar-refractivity contribution in [2.24, 2.45) is 11.8 Å². The van der Waals surface area contributed by atoms with Gasteiger partial charge in [0, 0.05) is 31.1 Å². The SMILES string of the molecule is Cc1c(C#CCCO)cccc1C(=O)N(C)CC1CC1C. The fourth-order valence-corrected chi connectivity index (χ4v) is 2.51. The fraction of sp³-hybridized carbons (Fsp3) is 0.500. The third-order valence-electron chi connectivity index (χ3n) is 4.16. The molecular formula is C18H23NO2. The van der Waals surface area contributed by atoms with Gasteiger partial charge in [-0.3, -0.25) is 4.79 Å². The molecule has 0 saturated heterocycles. The molecule has 1 aliphatic carbocycles. The highest BCUT2D eigenvalue weighted by molar-refractivity contribution is 5.96. The predicted molar refractivity (Wildman–Crippen MR) is 84.0 cm³/mol. The minimum atomic E-state index is 0.0625. The number of nitrogens with zero attached hydrogens (tertiary/aromatic N) is 1. The van der Waals surface area contributed by atoms with Crippen molar-refractivity contribution >= 4 is 5.91 Å². The zero-order valence-corrected chi connectivity index (χ0v) is 13.0. The average molecular weight is 285 g/mol. The molecule has 1 aromatic carbocycles. The molecule has 3 nitrogen and oxygen atoms in total. The Morgan fingerprint density at radius 1 is 1.48 bits per heavy atom. The monoisotopic (exact) mass is 285 g/mol. The lowest BCUT2D eigenvalue weighted by Gasteiger charge is -2.18. The molecule has 1 N–H and O–H groups in total. The maximum atomic E-state index is 12.6. The van der Waals surface area contributed by atoms with E-state index in [2.05, 4.69) is 18.8 Å². The molecule has 2 unspecified atom stereocenters. The Bertz CT molecular complexity index is 583. The molecule has 3 heteroatoms.